The van der Waals surface area contributed by atoms with Gasteiger partial charge in [-0.15, -0.1) is 0 Å². The Labute approximate surface area is 221 Å². The van der Waals surface area contributed by atoms with Gasteiger partial charge >= 0.3 is 0 Å². The number of hydrogen-bond acceptors (Lipinski definition) is 9. The fourth-order valence-electron chi connectivity index (χ4n) is 4.63. The number of ether oxygens (including phenoxy) is 2. The largest absolute Gasteiger partial charge is 0.496 e. The van der Waals surface area contributed by atoms with Crippen LogP contribution >= 0.6 is 0 Å². The normalized spacial score (nSPS) is 16.0. The minimum absolute atomic E-state index is 0.129. The molecule has 0 bridgehead atoms. The van der Waals surface area contributed by atoms with E-state index in [0.29, 0.717) is 47.7 Å². The average molecular weight is 520 g/mol. The second-order valence-electron chi connectivity index (χ2n) is 10.3. The molecule has 1 fully saturated rings. The van der Waals surface area contributed by atoms with Crippen molar-refractivity contribution in [1.82, 2.24) is 25.1 Å². The number of methoxy groups -OCH3 is 1. The second-order valence-corrected chi connectivity index (χ2v) is 10.3. The second kappa shape index (κ2) is 10.5. The predicted octanol–water partition coefficient (Wildman–Crippen LogP) is 2.34. The number of rotatable bonds is 6. The maximum Gasteiger partial charge on any atom is 0.272 e. The maximum absolute atomic E-state index is 13.1. The molecule has 2 N–H and O–H groups in total. The molecule has 2 aliphatic heterocycles. The molecule has 38 heavy (non-hydrogen) atoms. The van der Waals surface area contributed by atoms with Crippen LogP contribution in [0.15, 0.2) is 35.6 Å². The first kappa shape index (κ1) is 25.8. The van der Waals surface area contributed by atoms with Crippen LogP contribution in [0.25, 0.3) is 11.1 Å². The van der Waals surface area contributed by atoms with E-state index in [2.05, 4.69) is 25.3 Å². The number of nitrogens with zero attached hydrogens (tertiary/aromatic N) is 6. The number of amides is 1. The highest BCUT2D eigenvalue weighted by molar-refractivity contribution is 6.11. The SMILES string of the molecule is COc1ccc(C2=Nc3c(C(C)(C)C)nn(CCO)c3C(=O)NC2)cc1-c1cnc(N2CCOCC2)nc1. The summed E-state index contributed by atoms with van der Waals surface area (Å²) < 4.78 is 12.6. The van der Waals surface area contributed by atoms with E-state index in [1.807, 2.05) is 39.0 Å². The molecule has 3 aromatic rings. The lowest BCUT2D eigenvalue weighted by atomic mass is 9.91. The van der Waals surface area contributed by atoms with E-state index in [1.54, 1.807) is 24.2 Å². The van der Waals surface area contributed by atoms with Crippen molar-refractivity contribution < 1.29 is 19.4 Å². The fraction of sp³-hybridized carbons (Fsp3) is 0.444. The quantitative estimate of drug-likeness (QED) is 0.508. The van der Waals surface area contributed by atoms with Gasteiger partial charge in [-0.2, -0.15) is 5.10 Å². The molecular weight excluding hydrogens is 486 g/mol. The standard InChI is InChI=1S/C27H33N7O4/c1-27(2,3)24-22-23(34(32-24)7-10-35)25(36)28-16-20(31-22)17-5-6-21(37-4)19(13-17)18-14-29-26(30-15-18)33-8-11-38-12-9-33/h5-6,13-15,35H,7-12,16H2,1-4H3,(H,28,36). The monoisotopic (exact) mass is 519 g/mol. The van der Waals surface area contributed by atoms with E-state index in [-0.39, 0.29) is 31.0 Å². The van der Waals surface area contributed by atoms with E-state index in [1.165, 1.54) is 0 Å². The number of benzene rings is 1. The predicted molar refractivity (Wildman–Crippen MR) is 144 cm³/mol. The third-order valence-corrected chi connectivity index (χ3v) is 6.60. The highest BCUT2D eigenvalue weighted by atomic mass is 16.5. The average Bonchev–Trinajstić information content (AvgIpc) is 3.20. The number of anilines is 1. The van der Waals surface area contributed by atoms with Crippen LogP contribution in [0.4, 0.5) is 11.6 Å². The van der Waals surface area contributed by atoms with Gasteiger partial charge in [0.15, 0.2) is 5.69 Å². The first-order valence-corrected chi connectivity index (χ1v) is 12.7. The van der Waals surface area contributed by atoms with Crippen LogP contribution in [-0.2, 0) is 16.7 Å². The van der Waals surface area contributed by atoms with Gasteiger partial charge in [-0.05, 0) is 23.8 Å². The molecule has 1 saturated heterocycles. The van der Waals surface area contributed by atoms with Gasteiger partial charge in [0.05, 0.1) is 51.4 Å². The first-order valence-electron chi connectivity index (χ1n) is 12.7. The zero-order valence-electron chi connectivity index (χ0n) is 22.2. The lowest BCUT2D eigenvalue weighted by Gasteiger charge is -2.26. The van der Waals surface area contributed by atoms with Gasteiger partial charge < -0.3 is 24.8 Å². The minimum atomic E-state index is -0.353. The molecule has 5 rings (SSSR count). The number of fused-ring (bicyclic) bond motifs is 1. The van der Waals surface area contributed by atoms with Crippen molar-refractivity contribution in [3.05, 3.63) is 47.5 Å². The van der Waals surface area contributed by atoms with Crippen molar-refractivity contribution in [1.29, 1.82) is 0 Å². The van der Waals surface area contributed by atoms with Crippen LogP contribution in [0.2, 0.25) is 0 Å². The van der Waals surface area contributed by atoms with Gasteiger partial charge in [0.1, 0.15) is 11.4 Å². The Balaban J connectivity index is 1.55. The van der Waals surface area contributed by atoms with E-state index in [4.69, 9.17) is 14.5 Å². The molecule has 0 aliphatic carbocycles. The summed E-state index contributed by atoms with van der Waals surface area (Å²) in [5.74, 6) is 1.09. The van der Waals surface area contributed by atoms with E-state index in [0.717, 1.165) is 29.8 Å². The zero-order chi connectivity index (χ0) is 26.9. The molecule has 0 atom stereocenters. The molecule has 1 amide bonds. The number of aliphatic imine (C=N–C) groups is 1. The van der Waals surface area contributed by atoms with E-state index in [9.17, 15) is 9.90 Å². The molecule has 2 aromatic heterocycles. The summed E-state index contributed by atoms with van der Waals surface area (Å²) in [5, 5.41) is 17.2. The summed E-state index contributed by atoms with van der Waals surface area (Å²) in [6.07, 6.45) is 3.59. The summed E-state index contributed by atoms with van der Waals surface area (Å²) in [5.41, 5.74) is 4.41. The molecule has 0 radical (unpaired) electrons. The summed E-state index contributed by atoms with van der Waals surface area (Å²) in [7, 11) is 1.63. The smallest absolute Gasteiger partial charge is 0.272 e. The summed E-state index contributed by atoms with van der Waals surface area (Å²) in [6.45, 7) is 9.27. The number of aliphatic hydroxyl groups excluding tert-OH is 1. The van der Waals surface area contributed by atoms with Crippen molar-refractivity contribution in [3.8, 4) is 16.9 Å². The Bertz CT molecular complexity index is 1350. The van der Waals surface area contributed by atoms with Crippen LogP contribution in [0, 0.1) is 0 Å². The molecular formula is C27H33N7O4. The van der Waals surface area contributed by atoms with Crippen molar-refractivity contribution in [2.24, 2.45) is 4.99 Å². The molecule has 11 heteroatoms. The molecule has 11 nitrogen and oxygen atoms in total. The molecule has 0 unspecified atom stereocenters. The van der Waals surface area contributed by atoms with Crippen molar-refractivity contribution >= 4 is 23.3 Å². The van der Waals surface area contributed by atoms with Crippen LogP contribution in [0.3, 0.4) is 0 Å². The molecule has 1 aromatic carbocycles. The summed E-state index contributed by atoms with van der Waals surface area (Å²) >= 11 is 0. The van der Waals surface area contributed by atoms with Crippen LogP contribution in [0.1, 0.15) is 42.5 Å². The van der Waals surface area contributed by atoms with Crippen molar-refractivity contribution in [2.75, 3.05) is 51.5 Å². The van der Waals surface area contributed by atoms with Crippen molar-refractivity contribution in [2.45, 2.75) is 32.7 Å². The van der Waals surface area contributed by atoms with Gasteiger partial charge in [0, 0.05) is 42.0 Å². The Hall–Kier alpha value is -3.83. The fourth-order valence-corrected chi connectivity index (χ4v) is 4.63. The highest BCUT2D eigenvalue weighted by Crippen LogP contribution is 2.36. The van der Waals surface area contributed by atoms with Gasteiger partial charge in [0.25, 0.3) is 5.91 Å². The number of aliphatic hydroxyl groups is 1. The minimum Gasteiger partial charge on any atom is -0.496 e. The molecule has 4 heterocycles. The van der Waals surface area contributed by atoms with Crippen LogP contribution < -0.4 is 15.0 Å². The van der Waals surface area contributed by atoms with Gasteiger partial charge in [-0.25, -0.2) is 15.0 Å². The van der Waals surface area contributed by atoms with E-state index < -0.39 is 0 Å². The first-order chi connectivity index (χ1) is 18.3. The Morgan fingerprint density at radius 3 is 2.53 bits per heavy atom. The lowest BCUT2D eigenvalue weighted by Crippen LogP contribution is -2.37. The van der Waals surface area contributed by atoms with Crippen molar-refractivity contribution in [3.63, 3.8) is 0 Å². The molecule has 0 saturated carbocycles. The number of aromatic nitrogens is 4. The number of morpholine rings is 1. The van der Waals surface area contributed by atoms with Crippen LogP contribution in [-0.4, -0.2) is 83.0 Å². The van der Waals surface area contributed by atoms with Gasteiger partial charge in [-0.3, -0.25) is 9.48 Å². The Morgan fingerprint density at radius 2 is 1.87 bits per heavy atom. The topological polar surface area (TPSA) is 127 Å². The van der Waals surface area contributed by atoms with E-state index >= 15 is 0 Å². The van der Waals surface area contributed by atoms with Gasteiger partial charge in [0.2, 0.25) is 5.95 Å². The lowest BCUT2D eigenvalue weighted by molar-refractivity contribution is 0.0948. The Kier molecular flexibility index (Phi) is 7.13. The zero-order valence-corrected chi connectivity index (χ0v) is 22.2. The number of nitrogens with one attached hydrogen (secondary N) is 1. The van der Waals surface area contributed by atoms with Crippen LogP contribution in [0.5, 0.6) is 5.75 Å². The molecule has 2 aliphatic rings. The number of carbonyl (C=O) groups excluding carboxylic acids is 1. The summed E-state index contributed by atoms with van der Waals surface area (Å²) in [6, 6.07) is 5.80. The Morgan fingerprint density at radius 1 is 1.13 bits per heavy atom. The number of carbonyl (C=O) groups is 1. The maximum atomic E-state index is 13.1. The third kappa shape index (κ3) is 4.99. The molecule has 200 valence electrons. The highest BCUT2D eigenvalue weighted by Gasteiger charge is 2.32. The third-order valence-electron chi connectivity index (χ3n) is 6.60. The van der Waals surface area contributed by atoms with Gasteiger partial charge in [-0.1, -0.05) is 20.8 Å². The molecule has 0 spiro atoms. The summed E-state index contributed by atoms with van der Waals surface area (Å²) in [4.78, 5) is 29.4. The number of hydrogen-bond donors (Lipinski definition) is 2.